The molecule has 0 atom stereocenters. The molecule has 166 valence electrons. The number of hydrogen-bond acceptors (Lipinski definition) is 3. The van der Waals surface area contributed by atoms with Gasteiger partial charge in [-0.1, -0.05) is 48.5 Å². The maximum Gasteiger partial charge on any atom is 0.265 e. The number of benzene rings is 3. The molecule has 3 aromatic rings. The summed E-state index contributed by atoms with van der Waals surface area (Å²) in [6.07, 6.45) is 6.29. The van der Waals surface area contributed by atoms with Crippen LogP contribution in [0.1, 0.15) is 30.4 Å². The fourth-order valence-electron chi connectivity index (χ4n) is 6.16. The fraction of sp³-hybridized carbons (Fsp3) is 0.407. The summed E-state index contributed by atoms with van der Waals surface area (Å²) in [7, 11) is -3.45. The SMILES string of the molecule is O=S1(=O)c2cccc3cccc(c23)N1CCN1CCC(CC2Cc3ccccc3C2)CC1. The lowest BCUT2D eigenvalue weighted by Crippen LogP contribution is -2.41. The molecule has 0 aromatic heterocycles. The molecule has 1 fully saturated rings. The molecule has 0 saturated carbocycles. The molecule has 6 rings (SSSR count). The maximum absolute atomic E-state index is 13.2. The molecule has 2 heterocycles. The molecular weight excluding hydrogens is 416 g/mol. The van der Waals surface area contributed by atoms with Crippen molar-refractivity contribution in [3.8, 4) is 0 Å². The molecule has 5 heteroatoms. The maximum atomic E-state index is 13.2. The predicted molar refractivity (Wildman–Crippen MR) is 130 cm³/mol. The van der Waals surface area contributed by atoms with Gasteiger partial charge >= 0.3 is 0 Å². The van der Waals surface area contributed by atoms with E-state index in [1.807, 2.05) is 30.3 Å². The van der Waals surface area contributed by atoms with Crippen molar-refractivity contribution >= 4 is 26.5 Å². The van der Waals surface area contributed by atoms with Crippen LogP contribution in [-0.4, -0.2) is 39.5 Å². The Hall–Kier alpha value is -2.37. The van der Waals surface area contributed by atoms with Crippen molar-refractivity contribution < 1.29 is 8.42 Å². The number of fused-ring (bicyclic) bond motifs is 1. The van der Waals surface area contributed by atoms with Gasteiger partial charge in [-0.15, -0.1) is 0 Å². The van der Waals surface area contributed by atoms with Crippen LogP contribution in [0, 0.1) is 11.8 Å². The highest BCUT2D eigenvalue weighted by atomic mass is 32.2. The van der Waals surface area contributed by atoms with Crippen molar-refractivity contribution in [1.29, 1.82) is 0 Å². The Balaban J connectivity index is 1.06. The monoisotopic (exact) mass is 446 g/mol. The number of sulfonamides is 1. The first-order chi connectivity index (χ1) is 15.6. The summed E-state index contributed by atoms with van der Waals surface area (Å²) in [5, 5.41) is 1.88. The second-order valence-electron chi connectivity index (χ2n) is 9.77. The summed E-state index contributed by atoms with van der Waals surface area (Å²) in [4.78, 5) is 2.92. The van der Waals surface area contributed by atoms with Gasteiger partial charge in [-0.3, -0.25) is 4.31 Å². The van der Waals surface area contributed by atoms with Crippen LogP contribution in [0.25, 0.3) is 10.8 Å². The van der Waals surface area contributed by atoms with Crippen LogP contribution in [0.5, 0.6) is 0 Å². The molecule has 2 aliphatic heterocycles. The second kappa shape index (κ2) is 7.89. The van der Waals surface area contributed by atoms with Gasteiger partial charge in [0.1, 0.15) is 0 Å². The standard InChI is InChI=1S/C27H30N2O2S/c30-32(31)26-10-4-8-22-7-3-9-25(27(22)26)29(32)16-15-28-13-11-20(12-14-28)17-21-18-23-5-1-2-6-24(23)19-21/h1-10,20-21H,11-19H2. The molecule has 0 amide bonds. The lowest BCUT2D eigenvalue weighted by molar-refractivity contribution is 0.171. The zero-order valence-electron chi connectivity index (χ0n) is 18.4. The van der Waals surface area contributed by atoms with Crippen molar-refractivity contribution in [2.75, 3.05) is 30.5 Å². The molecule has 0 radical (unpaired) electrons. The third kappa shape index (κ3) is 3.43. The average molecular weight is 447 g/mol. The van der Waals surface area contributed by atoms with Crippen LogP contribution < -0.4 is 4.31 Å². The van der Waals surface area contributed by atoms with Gasteiger partial charge in [0.25, 0.3) is 10.0 Å². The summed E-state index contributed by atoms with van der Waals surface area (Å²) in [5.74, 6) is 1.61. The Kier molecular flexibility index (Phi) is 4.99. The first kappa shape index (κ1) is 20.3. The summed E-state index contributed by atoms with van der Waals surface area (Å²) in [6, 6.07) is 20.4. The Bertz CT molecular complexity index is 1230. The third-order valence-corrected chi connectivity index (χ3v) is 9.67. The molecule has 0 unspecified atom stereocenters. The minimum Gasteiger partial charge on any atom is -0.302 e. The van der Waals surface area contributed by atoms with Crippen LogP contribution in [0.15, 0.2) is 65.6 Å². The van der Waals surface area contributed by atoms with Gasteiger partial charge in [0.15, 0.2) is 0 Å². The average Bonchev–Trinajstić information content (AvgIpc) is 3.31. The van der Waals surface area contributed by atoms with Crippen LogP contribution in [-0.2, 0) is 22.9 Å². The van der Waals surface area contributed by atoms with Gasteiger partial charge in [-0.05, 0) is 85.7 Å². The van der Waals surface area contributed by atoms with E-state index in [4.69, 9.17) is 0 Å². The van der Waals surface area contributed by atoms with Crippen molar-refractivity contribution in [3.05, 3.63) is 71.8 Å². The highest BCUT2D eigenvalue weighted by Gasteiger charge is 2.35. The van der Waals surface area contributed by atoms with Crippen LogP contribution in [0.2, 0.25) is 0 Å². The zero-order chi connectivity index (χ0) is 21.7. The molecule has 3 aromatic carbocycles. The Morgan fingerprint density at radius 3 is 2.19 bits per heavy atom. The fourth-order valence-corrected chi connectivity index (χ4v) is 7.87. The van der Waals surface area contributed by atoms with E-state index in [1.54, 1.807) is 21.5 Å². The predicted octanol–water partition coefficient (Wildman–Crippen LogP) is 4.87. The largest absolute Gasteiger partial charge is 0.302 e. The smallest absolute Gasteiger partial charge is 0.265 e. The highest BCUT2D eigenvalue weighted by Crippen LogP contribution is 2.42. The molecule has 0 bridgehead atoms. The molecule has 3 aliphatic rings. The Labute approximate surface area is 190 Å². The van der Waals surface area contributed by atoms with Gasteiger partial charge in [-0.25, -0.2) is 8.42 Å². The lowest BCUT2D eigenvalue weighted by Gasteiger charge is -2.34. The molecule has 4 nitrogen and oxygen atoms in total. The zero-order valence-corrected chi connectivity index (χ0v) is 19.2. The lowest BCUT2D eigenvalue weighted by atomic mass is 9.86. The van der Waals surface area contributed by atoms with Crippen molar-refractivity contribution in [2.24, 2.45) is 11.8 Å². The van der Waals surface area contributed by atoms with Gasteiger partial charge in [-0.2, -0.15) is 0 Å². The van der Waals surface area contributed by atoms with Gasteiger partial charge in [0.05, 0.1) is 10.6 Å². The van der Waals surface area contributed by atoms with Gasteiger partial charge in [0.2, 0.25) is 0 Å². The molecule has 1 aliphatic carbocycles. The van der Waals surface area contributed by atoms with Crippen LogP contribution >= 0.6 is 0 Å². The van der Waals surface area contributed by atoms with E-state index in [-0.39, 0.29) is 0 Å². The van der Waals surface area contributed by atoms with E-state index in [1.165, 1.54) is 32.1 Å². The number of rotatable bonds is 5. The summed E-state index contributed by atoms with van der Waals surface area (Å²) in [6.45, 7) is 3.48. The third-order valence-electron chi connectivity index (χ3n) is 7.81. The Morgan fingerprint density at radius 2 is 1.47 bits per heavy atom. The molecule has 1 saturated heterocycles. The summed E-state index contributed by atoms with van der Waals surface area (Å²) < 4.78 is 28.0. The van der Waals surface area contributed by atoms with Crippen LogP contribution in [0.4, 0.5) is 5.69 Å². The summed E-state index contributed by atoms with van der Waals surface area (Å²) in [5.41, 5.74) is 3.95. The number of nitrogens with zero attached hydrogens (tertiary/aromatic N) is 2. The van der Waals surface area contributed by atoms with Crippen molar-refractivity contribution in [1.82, 2.24) is 4.90 Å². The minimum absolute atomic E-state index is 0.460. The first-order valence-electron chi connectivity index (χ1n) is 11.9. The second-order valence-corrected chi connectivity index (χ2v) is 11.6. The van der Waals surface area contributed by atoms with E-state index < -0.39 is 10.0 Å². The van der Waals surface area contributed by atoms with Crippen molar-refractivity contribution in [2.45, 2.75) is 37.0 Å². The highest BCUT2D eigenvalue weighted by molar-refractivity contribution is 7.93. The molecule has 32 heavy (non-hydrogen) atoms. The number of hydrogen-bond donors (Lipinski definition) is 0. The number of likely N-dealkylation sites (tertiary alicyclic amines) is 1. The van der Waals surface area contributed by atoms with E-state index in [0.717, 1.165) is 47.9 Å². The van der Waals surface area contributed by atoms with Crippen LogP contribution in [0.3, 0.4) is 0 Å². The van der Waals surface area contributed by atoms with Gasteiger partial charge in [0, 0.05) is 18.5 Å². The van der Waals surface area contributed by atoms with E-state index in [2.05, 4.69) is 29.2 Å². The minimum atomic E-state index is -3.45. The number of anilines is 1. The van der Waals surface area contributed by atoms with E-state index in [9.17, 15) is 8.42 Å². The van der Waals surface area contributed by atoms with E-state index in [0.29, 0.717) is 11.4 Å². The van der Waals surface area contributed by atoms with E-state index >= 15 is 0 Å². The molecule has 0 N–H and O–H groups in total. The molecular formula is C27H30N2O2S. The first-order valence-corrected chi connectivity index (χ1v) is 13.4. The quantitative estimate of drug-likeness (QED) is 0.562. The normalized spacial score (nSPS) is 20.8. The van der Waals surface area contributed by atoms with Crippen molar-refractivity contribution in [3.63, 3.8) is 0 Å². The summed E-state index contributed by atoms with van der Waals surface area (Å²) >= 11 is 0. The molecule has 0 spiro atoms. The van der Waals surface area contributed by atoms with Gasteiger partial charge < -0.3 is 4.90 Å². The number of piperidine rings is 1. The Morgan fingerprint density at radius 1 is 0.781 bits per heavy atom. The topological polar surface area (TPSA) is 40.6 Å².